The zero-order chi connectivity index (χ0) is 20.1. The lowest BCUT2D eigenvalue weighted by molar-refractivity contribution is 0.261. The lowest BCUT2D eigenvalue weighted by Crippen LogP contribution is -2.17. The molecule has 0 atom stereocenters. The van der Waals surface area contributed by atoms with Gasteiger partial charge < -0.3 is 18.7 Å². The summed E-state index contributed by atoms with van der Waals surface area (Å²) in [6, 6.07) is 12.1. The van der Waals surface area contributed by atoms with Crippen molar-refractivity contribution in [1.82, 2.24) is 15.0 Å². The lowest BCUT2D eigenvalue weighted by atomic mass is 10.1. The van der Waals surface area contributed by atoms with Gasteiger partial charge in [0.05, 0.1) is 33.4 Å². The molecule has 1 aromatic heterocycles. The molecule has 0 radical (unpaired) electrons. The molecule has 0 saturated carbocycles. The van der Waals surface area contributed by atoms with E-state index in [1.54, 1.807) is 27.4 Å². The molecule has 0 spiro atoms. The Bertz CT molecular complexity index is 922. The van der Waals surface area contributed by atoms with Crippen LogP contribution >= 0.6 is 0 Å². The molecule has 0 N–H and O–H groups in total. The fourth-order valence-corrected chi connectivity index (χ4v) is 3.00. The van der Waals surface area contributed by atoms with Crippen molar-refractivity contribution in [2.24, 2.45) is 0 Å². The summed E-state index contributed by atoms with van der Waals surface area (Å²) >= 11 is 0. The molecule has 0 fully saturated rings. The highest BCUT2D eigenvalue weighted by molar-refractivity contribution is 5.71. The Balaban J connectivity index is 1.77. The number of aryl methyl sites for hydroxylation is 1. The minimum atomic E-state index is 0.441. The molecule has 0 saturated heterocycles. The van der Waals surface area contributed by atoms with E-state index in [9.17, 15) is 0 Å². The van der Waals surface area contributed by atoms with Crippen molar-refractivity contribution in [3.8, 4) is 28.6 Å². The van der Waals surface area contributed by atoms with Gasteiger partial charge in [0, 0.05) is 6.54 Å². The topological polar surface area (TPSA) is 69.9 Å². The van der Waals surface area contributed by atoms with E-state index in [4.69, 9.17) is 18.7 Å². The smallest absolute Gasteiger partial charge is 0.241 e. The van der Waals surface area contributed by atoms with Gasteiger partial charge in [0.1, 0.15) is 0 Å². The van der Waals surface area contributed by atoms with Crippen LogP contribution in [0.2, 0.25) is 0 Å². The van der Waals surface area contributed by atoms with Gasteiger partial charge in [0.25, 0.3) is 0 Å². The minimum absolute atomic E-state index is 0.441. The molecule has 28 heavy (non-hydrogen) atoms. The molecule has 0 aliphatic rings. The molecule has 1 heterocycles. The van der Waals surface area contributed by atoms with E-state index in [1.807, 2.05) is 13.1 Å². The van der Waals surface area contributed by atoms with Crippen molar-refractivity contribution < 1.29 is 18.7 Å². The second-order valence-electron chi connectivity index (χ2n) is 6.55. The number of methoxy groups -OCH3 is 3. The summed E-state index contributed by atoms with van der Waals surface area (Å²) in [6.45, 7) is 3.41. The third-order valence-electron chi connectivity index (χ3n) is 4.39. The normalized spacial score (nSPS) is 10.9. The average molecular weight is 383 g/mol. The van der Waals surface area contributed by atoms with E-state index in [0.717, 1.165) is 6.54 Å². The second kappa shape index (κ2) is 8.75. The zero-order valence-corrected chi connectivity index (χ0v) is 16.9. The van der Waals surface area contributed by atoms with Crippen molar-refractivity contribution in [2.75, 3.05) is 28.4 Å². The Hall–Kier alpha value is -3.06. The minimum Gasteiger partial charge on any atom is -0.493 e. The van der Waals surface area contributed by atoms with Gasteiger partial charge in [-0.25, -0.2) is 0 Å². The molecule has 0 aliphatic heterocycles. The van der Waals surface area contributed by atoms with Gasteiger partial charge in [0.15, 0.2) is 11.5 Å². The van der Waals surface area contributed by atoms with E-state index in [2.05, 4.69) is 46.2 Å². The van der Waals surface area contributed by atoms with Crippen LogP contribution in [0.4, 0.5) is 0 Å². The standard InChI is InChI=1S/C21H25N3O4/c1-14-6-8-15(9-7-14)12-24(2)13-18-22-21(23-28-18)16-10-11-17(25-3)20(27-5)19(16)26-4/h6-11H,12-13H2,1-5H3. The van der Waals surface area contributed by atoms with Crippen molar-refractivity contribution in [3.63, 3.8) is 0 Å². The number of rotatable bonds is 8. The van der Waals surface area contributed by atoms with Gasteiger partial charge in [-0.15, -0.1) is 0 Å². The monoisotopic (exact) mass is 383 g/mol. The molecular formula is C21H25N3O4. The van der Waals surface area contributed by atoms with Crippen LogP contribution in [0.5, 0.6) is 17.2 Å². The Kier molecular flexibility index (Phi) is 6.16. The summed E-state index contributed by atoms with van der Waals surface area (Å²) in [5.74, 6) is 2.54. The molecule has 7 nitrogen and oxygen atoms in total. The number of hydrogen-bond acceptors (Lipinski definition) is 7. The number of benzene rings is 2. The number of ether oxygens (including phenoxy) is 3. The predicted octanol–water partition coefficient (Wildman–Crippen LogP) is 3.70. The van der Waals surface area contributed by atoms with E-state index in [1.165, 1.54) is 11.1 Å². The van der Waals surface area contributed by atoms with E-state index < -0.39 is 0 Å². The molecule has 0 bridgehead atoms. The molecule has 0 amide bonds. The van der Waals surface area contributed by atoms with Crippen molar-refractivity contribution >= 4 is 0 Å². The van der Waals surface area contributed by atoms with Gasteiger partial charge in [-0.3, -0.25) is 4.90 Å². The SMILES string of the molecule is COc1ccc(-c2noc(CN(C)Cc3ccc(C)cc3)n2)c(OC)c1OC. The largest absolute Gasteiger partial charge is 0.493 e. The quantitative estimate of drug-likeness (QED) is 0.587. The zero-order valence-electron chi connectivity index (χ0n) is 16.9. The van der Waals surface area contributed by atoms with Crippen LogP contribution in [0, 0.1) is 6.92 Å². The van der Waals surface area contributed by atoms with Gasteiger partial charge in [0.2, 0.25) is 17.5 Å². The number of aromatic nitrogens is 2. The highest BCUT2D eigenvalue weighted by Crippen LogP contribution is 2.43. The number of hydrogen-bond donors (Lipinski definition) is 0. The Morgan fingerprint density at radius 2 is 1.61 bits per heavy atom. The molecule has 148 valence electrons. The van der Waals surface area contributed by atoms with Crippen LogP contribution in [-0.4, -0.2) is 43.4 Å². The predicted molar refractivity (Wildman–Crippen MR) is 106 cm³/mol. The molecule has 7 heteroatoms. The maximum absolute atomic E-state index is 5.51. The molecule has 0 unspecified atom stereocenters. The van der Waals surface area contributed by atoms with Crippen molar-refractivity contribution in [1.29, 1.82) is 0 Å². The Morgan fingerprint density at radius 1 is 0.893 bits per heavy atom. The first-order valence-electron chi connectivity index (χ1n) is 8.91. The van der Waals surface area contributed by atoms with E-state index >= 15 is 0 Å². The number of nitrogens with zero attached hydrogens (tertiary/aromatic N) is 3. The summed E-state index contributed by atoms with van der Waals surface area (Å²) in [5, 5.41) is 4.11. The summed E-state index contributed by atoms with van der Waals surface area (Å²) in [6.07, 6.45) is 0. The summed E-state index contributed by atoms with van der Waals surface area (Å²) in [7, 11) is 6.72. The highest BCUT2D eigenvalue weighted by atomic mass is 16.5. The van der Waals surface area contributed by atoms with Crippen molar-refractivity contribution in [2.45, 2.75) is 20.0 Å². The maximum Gasteiger partial charge on any atom is 0.241 e. The summed E-state index contributed by atoms with van der Waals surface area (Å²) in [4.78, 5) is 6.64. The molecule has 0 aliphatic carbocycles. The van der Waals surface area contributed by atoms with Crippen LogP contribution in [-0.2, 0) is 13.1 Å². The fourth-order valence-electron chi connectivity index (χ4n) is 3.00. The summed E-state index contributed by atoms with van der Waals surface area (Å²) in [5.41, 5.74) is 3.16. The van der Waals surface area contributed by atoms with E-state index in [0.29, 0.717) is 41.1 Å². The molecule has 3 rings (SSSR count). The third kappa shape index (κ3) is 4.26. The highest BCUT2D eigenvalue weighted by Gasteiger charge is 2.21. The van der Waals surface area contributed by atoms with Gasteiger partial charge in [-0.05, 0) is 31.7 Å². The van der Waals surface area contributed by atoms with E-state index in [-0.39, 0.29) is 0 Å². The van der Waals surface area contributed by atoms with Crippen LogP contribution in [0.15, 0.2) is 40.9 Å². The fraction of sp³-hybridized carbons (Fsp3) is 0.333. The van der Waals surface area contributed by atoms with Gasteiger partial charge >= 0.3 is 0 Å². The van der Waals surface area contributed by atoms with Gasteiger partial charge in [-0.1, -0.05) is 35.0 Å². The molecule has 3 aromatic rings. The molecule has 2 aromatic carbocycles. The first-order valence-corrected chi connectivity index (χ1v) is 8.91. The molecular weight excluding hydrogens is 358 g/mol. The van der Waals surface area contributed by atoms with Crippen LogP contribution in [0.3, 0.4) is 0 Å². The maximum atomic E-state index is 5.51. The first kappa shape index (κ1) is 19.7. The third-order valence-corrected chi connectivity index (χ3v) is 4.39. The average Bonchev–Trinajstić information content (AvgIpc) is 3.16. The second-order valence-corrected chi connectivity index (χ2v) is 6.55. The van der Waals surface area contributed by atoms with Crippen molar-refractivity contribution in [3.05, 3.63) is 53.4 Å². The summed E-state index contributed by atoms with van der Waals surface area (Å²) < 4.78 is 21.7. The van der Waals surface area contributed by atoms with Crippen LogP contribution < -0.4 is 14.2 Å². The van der Waals surface area contributed by atoms with Crippen LogP contribution in [0.25, 0.3) is 11.4 Å². The Labute approximate surface area is 164 Å². The lowest BCUT2D eigenvalue weighted by Gasteiger charge is -2.14. The first-order chi connectivity index (χ1) is 13.5. The Morgan fingerprint density at radius 3 is 2.25 bits per heavy atom. The van der Waals surface area contributed by atoms with Crippen LogP contribution in [0.1, 0.15) is 17.0 Å². The van der Waals surface area contributed by atoms with Gasteiger partial charge in [-0.2, -0.15) is 4.98 Å².